The molecule has 7 nitrogen and oxygen atoms in total. The molecular formula is C24H26N2O5. The van der Waals surface area contributed by atoms with Crippen LogP contribution < -0.4 is 14.8 Å². The molecule has 3 rings (SSSR count). The van der Waals surface area contributed by atoms with E-state index in [0.717, 1.165) is 32.1 Å². The highest BCUT2D eigenvalue weighted by molar-refractivity contribution is 6.01. The zero-order valence-electron chi connectivity index (χ0n) is 17.6. The monoisotopic (exact) mass is 422 g/mol. The molecule has 0 aliphatic heterocycles. The van der Waals surface area contributed by atoms with E-state index in [1.807, 2.05) is 13.0 Å². The molecule has 1 heterocycles. The van der Waals surface area contributed by atoms with Gasteiger partial charge in [-0.25, -0.2) is 0 Å². The lowest BCUT2D eigenvalue weighted by atomic mass is 9.89. The maximum atomic E-state index is 12.5. The quantitative estimate of drug-likeness (QED) is 0.293. The second kappa shape index (κ2) is 11.0. The summed E-state index contributed by atoms with van der Waals surface area (Å²) in [5.41, 5.74) is 0.534. The third-order valence-corrected chi connectivity index (χ3v) is 5.10. The van der Waals surface area contributed by atoms with Gasteiger partial charge in [-0.2, -0.15) is 5.26 Å². The van der Waals surface area contributed by atoms with E-state index in [4.69, 9.17) is 13.9 Å². The van der Waals surface area contributed by atoms with Crippen molar-refractivity contribution in [2.24, 2.45) is 5.92 Å². The van der Waals surface area contributed by atoms with Gasteiger partial charge >= 0.3 is 5.97 Å². The number of hydrogen-bond donors (Lipinski definition) is 1. The first-order valence-corrected chi connectivity index (χ1v) is 10.5. The Kier molecular flexibility index (Phi) is 7.88. The fraction of sp³-hybridized carbons (Fsp3) is 0.375. The molecule has 0 bridgehead atoms. The Morgan fingerprint density at radius 3 is 2.71 bits per heavy atom. The molecule has 162 valence electrons. The van der Waals surface area contributed by atoms with E-state index in [-0.39, 0.29) is 24.0 Å². The normalized spacial score (nSPS) is 14.5. The van der Waals surface area contributed by atoms with Gasteiger partial charge in [0, 0.05) is 0 Å². The average Bonchev–Trinajstić information content (AvgIpc) is 3.32. The van der Waals surface area contributed by atoms with Crippen LogP contribution in [-0.4, -0.2) is 18.5 Å². The Balaban J connectivity index is 1.72. The number of nitriles is 1. The molecule has 0 atom stereocenters. The van der Waals surface area contributed by atoms with Crippen molar-refractivity contribution in [2.75, 3.05) is 6.61 Å². The highest BCUT2D eigenvalue weighted by Crippen LogP contribution is 2.32. The van der Waals surface area contributed by atoms with Crippen molar-refractivity contribution in [1.29, 1.82) is 5.26 Å². The second-order valence-electron chi connectivity index (χ2n) is 7.33. The van der Waals surface area contributed by atoms with Crippen LogP contribution in [0.3, 0.4) is 0 Å². The molecule has 1 amide bonds. The van der Waals surface area contributed by atoms with Crippen molar-refractivity contribution in [3.63, 3.8) is 0 Å². The molecule has 1 fully saturated rings. The average molecular weight is 422 g/mol. The number of benzene rings is 1. The van der Waals surface area contributed by atoms with Crippen LogP contribution in [0.1, 0.15) is 50.4 Å². The minimum atomic E-state index is -0.510. The summed E-state index contributed by atoms with van der Waals surface area (Å²) < 4.78 is 16.4. The van der Waals surface area contributed by atoms with Crippen LogP contribution in [0, 0.1) is 17.2 Å². The van der Waals surface area contributed by atoms with Gasteiger partial charge in [-0.1, -0.05) is 25.3 Å². The van der Waals surface area contributed by atoms with Gasteiger partial charge in [-0.15, -0.1) is 0 Å². The molecule has 0 saturated heterocycles. The maximum absolute atomic E-state index is 12.5. The number of ether oxygens (including phenoxy) is 2. The van der Waals surface area contributed by atoms with E-state index in [2.05, 4.69) is 5.32 Å². The molecule has 1 aliphatic carbocycles. The number of carbonyl (C=O) groups excluding carboxylic acids is 2. The number of hydrogen-bond acceptors (Lipinski definition) is 6. The molecule has 2 aromatic rings. The number of carbonyl (C=O) groups is 2. The van der Waals surface area contributed by atoms with Gasteiger partial charge in [-0.3, -0.25) is 9.59 Å². The number of furan rings is 1. The van der Waals surface area contributed by atoms with Gasteiger partial charge < -0.3 is 19.2 Å². The lowest BCUT2D eigenvalue weighted by Crippen LogP contribution is -2.23. The lowest BCUT2D eigenvalue weighted by Gasteiger charge is -2.20. The van der Waals surface area contributed by atoms with Gasteiger partial charge in [0.25, 0.3) is 5.91 Å². The van der Waals surface area contributed by atoms with Crippen LogP contribution in [0.15, 0.2) is 46.6 Å². The summed E-state index contributed by atoms with van der Waals surface area (Å²) in [4.78, 5) is 24.8. The van der Waals surface area contributed by atoms with E-state index in [9.17, 15) is 14.9 Å². The van der Waals surface area contributed by atoms with Crippen LogP contribution in [0.5, 0.6) is 11.5 Å². The SMILES string of the molecule is CCOc1cc(/C=C(\C#N)C(=O)NCc2ccco2)ccc1OC(=O)C1CCCCC1. The van der Waals surface area contributed by atoms with Crippen LogP contribution in [-0.2, 0) is 16.1 Å². The van der Waals surface area contributed by atoms with E-state index < -0.39 is 5.91 Å². The van der Waals surface area contributed by atoms with Crippen LogP contribution in [0.25, 0.3) is 6.08 Å². The minimum absolute atomic E-state index is 0.0547. The molecule has 0 radical (unpaired) electrons. The second-order valence-corrected chi connectivity index (χ2v) is 7.33. The van der Waals surface area contributed by atoms with Gasteiger partial charge in [0.2, 0.25) is 0 Å². The topological polar surface area (TPSA) is 102 Å². The number of nitrogens with zero attached hydrogens (tertiary/aromatic N) is 1. The summed E-state index contributed by atoms with van der Waals surface area (Å²) >= 11 is 0. The van der Waals surface area contributed by atoms with Gasteiger partial charge in [0.15, 0.2) is 11.5 Å². The smallest absolute Gasteiger partial charge is 0.314 e. The standard InChI is InChI=1S/C24H26N2O5/c1-2-29-22-14-17(10-11-21(22)31-24(28)18-7-4-3-5-8-18)13-19(15-25)23(27)26-16-20-9-6-12-30-20/h6,9-14,18H,2-5,7-8,16H2,1H3,(H,26,27)/b19-13+. The summed E-state index contributed by atoms with van der Waals surface area (Å²) in [6.45, 7) is 2.40. The lowest BCUT2D eigenvalue weighted by molar-refractivity contribution is -0.140. The van der Waals surface area contributed by atoms with E-state index in [0.29, 0.717) is 29.4 Å². The third kappa shape index (κ3) is 6.22. The van der Waals surface area contributed by atoms with Gasteiger partial charge in [-0.05, 0) is 55.7 Å². The largest absolute Gasteiger partial charge is 0.490 e. The van der Waals surface area contributed by atoms with Crippen molar-refractivity contribution in [1.82, 2.24) is 5.32 Å². The van der Waals surface area contributed by atoms with Crippen molar-refractivity contribution in [3.05, 3.63) is 53.5 Å². The first-order valence-electron chi connectivity index (χ1n) is 10.5. The molecule has 1 aliphatic rings. The number of amides is 1. The summed E-state index contributed by atoms with van der Waals surface area (Å²) in [6, 6.07) is 10.3. The number of rotatable bonds is 8. The molecule has 1 aromatic carbocycles. The highest BCUT2D eigenvalue weighted by Gasteiger charge is 2.24. The summed E-state index contributed by atoms with van der Waals surface area (Å²) in [7, 11) is 0. The van der Waals surface area contributed by atoms with Crippen LogP contribution >= 0.6 is 0 Å². The van der Waals surface area contributed by atoms with E-state index in [1.54, 1.807) is 30.3 Å². The van der Waals surface area contributed by atoms with Crippen molar-refractivity contribution in [3.8, 4) is 17.6 Å². The van der Waals surface area contributed by atoms with Crippen LogP contribution in [0.2, 0.25) is 0 Å². The van der Waals surface area contributed by atoms with E-state index >= 15 is 0 Å². The molecular weight excluding hydrogens is 396 g/mol. The predicted octanol–water partition coefficient (Wildman–Crippen LogP) is 4.39. The number of esters is 1. The summed E-state index contributed by atoms with van der Waals surface area (Å²) in [5.74, 6) is 0.506. The fourth-order valence-corrected chi connectivity index (χ4v) is 3.49. The van der Waals surface area contributed by atoms with Gasteiger partial charge in [0.1, 0.15) is 17.4 Å². The first kappa shape index (κ1) is 22.2. The molecule has 1 N–H and O–H groups in total. The molecule has 0 unspecified atom stereocenters. The van der Waals surface area contributed by atoms with Crippen molar-refractivity contribution < 1.29 is 23.5 Å². The van der Waals surface area contributed by atoms with E-state index in [1.165, 1.54) is 12.3 Å². The molecule has 1 aromatic heterocycles. The van der Waals surface area contributed by atoms with Crippen LogP contribution in [0.4, 0.5) is 0 Å². The highest BCUT2D eigenvalue weighted by atomic mass is 16.6. The zero-order valence-corrected chi connectivity index (χ0v) is 17.6. The van der Waals surface area contributed by atoms with Crippen molar-refractivity contribution in [2.45, 2.75) is 45.6 Å². The third-order valence-electron chi connectivity index (χ3n) is 5.10. The Labute approximate surface area is 181 Å². The molecule has 31 heavy (non-hydrogen) atoms. The number of nitrogens with one attached hydrogen (secondary N) is 1. The summed E-state index contributed by atoms with van der Waals surface area (Å²) in [6.07, 6.45) is 7.92. The van der Waals surface area contributed by atoms with Gasteiger partial charge in [0.05, 0.1) is 25.3 Å². The summed E-state index contributed by atoms with van der Waals surface area (Å²) in [5, 5.41) is 12.0. The Morgan fingerprint density at radius 2 is 2.03 bits per heavy atom. The fourth-order valence-electron chi connectivity index (χ4n) is 3.49. The molecule has 1 saturated carbocycles. The predicted molar refractivity (Wildman–Crippen MR) is 114 cm³/mol. The Bertz CT molecular complexity index is 966. The minimum Gasteiger partial charge on any atom is -0.490 e. The molecule has 7 heteroatoms. The molecule has 0 spiro atoms. The van der Waals surface area contributed by atoms with Crippen molar-refractivity contribution >= 4 is 18.0 Å². The maximum Gasteiger partial charge on any atom is 0.314 e. The Hall–Kier alpha value is -3.53. The Morgan fingerprint density at radius 1 is 1.23 bits per heavy atom. The zero-order chi connectivity index (χ0) is 22.1. The first-order chi connectivity index (χ1) is 15.1.